The smallest absolute Gasteiger partial charge is 0.297 e. The van der Waals surface area contributed by atoms with Crippen LogP contribution in [0.5, 0.6) is 5.75 Å². The molecule has 5 nitrogen and oxygen atoms in total. The van der Waals surface area contributed by atoms with E-state index in [2.05, 4.69) is 4.18 Å². The summed E-state index contributed by atoms with van der Waals surface area (Å²) in [5.41, 5.74) is 5.17. The van der Waals surface area contributed by atoms with Gasteiger partial charge < -0.3 is 10.5 Å². The lowest BCUT2D eigenvalue weighted by molar-refractivity contribution is 0.327. The maximum absolute atomic E-state index is 11.5. The van der Waals surface area contributed by atoms with Crippen LogP contribution in [0.3, 0.4) is 0 Å². The third-order valence-electron chi connectivity index (χ3n) is 1.78. The largest absolute Gasteiger partial charge is 0.494 e. The van der Waals surface area contributed by atoms with E-state index < -0.39 is 10.1 Å². The fourth-order valence-electron chi connectivity index (χ4n) is 1.10. The second kappa shape index (κ2) is 5.83. The van der Waals surface area contributed by atoms with Crippen molar-refractivity contribution in [2.75, 3.05) is 19.8 Å². The second-order valence-corrected chi connectivity index (χ2v) is 4.58. The molecule has 0 fully saturated rings. The molecule has 0 saturated heterocycles. The van der Waals surface area contributed by atoms with Gasteiger partial charge in [-0.15, -0.1) is 0 Å². The van der Waals surface area contributed by atoms with E-state index >= 15 is 0 Å². The van der Waals surface area contributed by atoms with Crippen LogP contribution in [0, 0.1) is 0 Å². The van der Waals surface area contributed by atoms with Gasteiger partial charge in [-0.1, -0.05) is 0 Å². The van der Waals surface area contributed by atoms with Crippen molar-refractivity contribution in [3.05, 3.63) is 24.3 Å². The fraction of sp³-hybridized carbons (Fsp3) is 0.400. The van der Waals surface area contributed by atoms with Crippen LogP contribution in [0.1, 0.15) is 6.92 Å². The molecule has 0 radical (unpaired) electrons. The molecule has 0 aromatic heterocycles. The molecule has 0 amide bonds. The van der Waals surface area contributed by atoms with E-state index in [1.165, 1.54) is 12.1 Å². The molecular weight excluding hydrogens is 230 g/mol. The molecule has 0 heterocycles. The molecule has 1 rings (SSSR count). The van der Waals surface area contributed by atoms with E-state index in [1.54, 1.807) is 12.1 Å². The predicted octanol–water partition coefficient (Wildman–Crippen LogP) is 0.749. The predicted molar refractivity (Wildman–Crippen MR) is 59.8 cm³/mol. The van der Waals surface area contributed by atoms with E-state index in [1.807, 2.05) is 6.92 Å². The van der Waals surface area contributed by atoms with Crippen molar-refractivity contribution in [3.63, 3.8) is 0 Å². The molecule has 0 spiro atoms. The number of ether oxygens (including phenoxy) is 1. The summed E-state index contributed by atoms with van der Waals surface area (Å²) in [5.74, 6) is 0.625. The van der Waals surface area contributed by atoms with E-state index in [4.69, 9.17) is 10.5 Å². The van der Waals surface area contributed by atoms with Crippen molar-refractivity contribution >= 4 is 10.1 Å². The Hall–Kier alpha value is -1.11. The zero-order chi connectivity index (χ0) is 12.0. The first kappa shape index (κ1) is 13.0. The van der Waals surface area contributed by atoms with Crippen LogP contribution in [0.4, 0.5) is 0 Å². The zero-order valence-corrected chi connectivity index (χ0v) is 9.87. The van der Waals surface area contributed by atoms with Crippen LogP contribution < -0.4 is 10.5 Å². The van der Waals surface area contributed by atoms with Crippen LogP contribution in [-0.2, 0) is 14.3 Å². The van der Waals surface area contributed by atoms with Crippen molar-refractivity contribution in [3.8, 4) is 5.75 Å². The Morgan fingerprint density at radius 1 is 1.25 bits per heavy atom. The van der Waals surface area contributed by atoms with Gasteiger partial charge in [0.2, 0.25) is 0 Å². The number of benzene rings is 1. The Kier molecular flexibility index (Phi) is 4.72. The van der Waals surface area contributed by atoms with Gasteiger partial charge in [-0.2, -0.15) is 8.42 Å². The molecule has 1 aromatic rings. The Bertz CT molecular complexity index is 413. The number of nitrogens with two attached hydrogens (primary N) is 1. The highest BCUT2D eigenvalue weighted by molar-refractivity contribution is 7.86. The average molecular weight is 245 g/mol. The monoisotopic (exact) mass is 245 g/mol. The van der Waals surface area contributed by atoms with Crippen LogP contribution in [0.2, 0.25) is 0 Å². The molecule has 16 heavy (non-hydrogen) atoms. The van der Waals surface area contributed by atoms with Gasteiger partial charge in [0, 0.05) is 6.54 Å². The molecule has 2 N–H and O–H groups in total. The highest BCUT2D eigenvalue weighted by Crippen LogP contribution is 2.17. The van der Waals surface area contributed by atoms with E-state index in [9.17, 15) is 8.42 Å². The minimum Gasteiger partial charge on any atom is -0.494 e. The molecule has 0 aliphatic heterocycles. The lowest BCUT2D eigenvalue weighted by atomic mass is 10.3. The molecule has 90 valence electrons. The van der Waals surface area contributed by atoms with Crippen LogP contribution >= 0.6 is 0 Å². The minimum atomic E-state index is -3.69. The highest BCUT2D eigenvalue weighted by Gasteiger charge is 2.14. The fourth-order valence-corrected chi connectivity index (χ4v) is 2.02. The molecule has 6 heteroatoms. The van der Waals surface area contributed by atoms with Gasteiger partial charge in [-0.25, -0.2) is 0 Å². The summed E-state index contributed by atoms with van der Waals surface area (Å²) in [4.78, 5) is 0.101. The van der Waals surface area contributed by atoms with Crippen molar-refractivity contribution in [1.29, 1.82) is 0 Å². The van der Waals surface area contributed by atoms with E-state index in [0.717, 1.165) is 0 Å². The van der Waals surface area contributed by atoms with Crippen LogP contribution in [-0.4, -0.2) is 28.2 Å². The highest BCUT2D eigenvalue weighted by atomic mass is 32.2. The lowest BCUT2D eigenvalue weighted by Crippen LogP contribution is -2.14. The Balaban J connectivity index is 2.80. The molecule has 0 aliphatic rings. The maximum Gasteiger partial charge on any atom is 0.297 e. The number of hydrogen-bond donors (Lipinski definition) is 1. The molecule has 1 aromatic carbocycles. The summed E-state index contributed by atoms with van der Waals surface area (Å²) < 4.78 is 33.0. The standard InChI is InChI=1S/C10H15NO4S/c1-2-14-9-3-5-10(6-4-9)16(12,13)15-8-7-11/h3-6H,2,7-8,11H2,1H3. The summed E-state index contributed by atoms with van der Waals surface area (Å²) >= 11 is 0. The number of hydrogen-bond acceptors (Lipinski definition) is 5. The Morgan fingerprint density at radius 3 is 2.38 bits per heavy atom. The van der Waals surface area contributed by atoms with Gasteiger partial charge >= 0.3 is 0 Å². The second-order valence-electron chi connectivity index (χ2n) is 2.97. The van der Waals surface area contributed by atoms with E-state index in [-0.39, 0.29) is 18.0 Å². The normalized spacial score (nSPS) is 11.4. The van der Waals surface area contributed by atoms with Gasteiger partial charge in [-0.3, -0.25) is 4.18 Å². The third-order valence-corrected chi connectivity index (χ3v) is 3.11. The summed E-state index contributed by atoms with van der Waals surface area (Å²) in [6, 6.07) is 6.05. The quantitative estimate of drug-likeness (QED) is 0.748. The van der Waals surface area contributed by atoms with Gasteiger partial charge in [0.15, 0.2) is 0 Å². The lowest BCUT2D eigenvalue weighted by Gasteiger charge is -2.06. The van der Waals surface area contributed by atoms with Crippen LogP contribution in [0.15, 0.2) is 29.2 Å². The van der Waals surface area contributed by atoms with Crippen molar-refractivity contribution in [2.45, 2.75) is 11.8 Å². The minimum absolute atomic E-state index is 0.0183. The number of rotatable bonds is 6. The summed E-state index contributed by atoms with van der Waals surface area (Å²) in [6.45, 7) is 2.54. The zero-order valence-electron chi connectivity index (χ0n) is 9.05. The maximum atomic E-state index is 11.5. The van der Waals surface area contributed by atoms with Crippen molar-refractivity contribution < 1.29 is 17.3 Å². The molecule has 0 unspecified atom stereocenters. The summed E-state index contributed by atoms with van der Waals surface area (Å²) in [5, 5.41) is 0. The molecule has 0 bridgehead atoms. The Labute approximate surface area is 95.3 Å². The van der Waals surface area contributed by atoms with Crippen LogP contribution in [0.25, 0.3) is 0 Å². The van der Waals surface area contributed by atoms with Crippen molar-refractivity contribution in [2.24, 2.45) is 5.73 Å². The SMILES string of the molecule is CCOc1ccc(S(=O)(=O)OCCN)cc1. The van der Waals surface area contributed by atoms with Gasteiger partial charge in [0.25, 0.3) is 10.1 Å². The Morgan fingerprint density at radius 2 is 1.88 bits per heavy atom. The average Bonchev–Trinajstić information content (AvgIpc) is 2.28. The first-order valence-electron chi connectivity index (χ1n) is 4.92. The van der Waals surface area contributed by atoms with Gasteiger partial charge in [0.1, 0.15) is 5.75 Å². The first-order valence-corrected chi connectivity index (χ1v) is 6.33. The molecule has 0 aliphatic carbocycles. The van der Waals surface area contributed by atoms with Gasteiger partial charge in [-0.05, 0) is 31.2 Å². The van der Waals surface area contributed by atoms with Crippen molar-refractivity contribution in [1.82, 2.24) is 0 Å². The topological polar surface area (TPSA) is 78.6 Å². The third kappa shape index (κ3) is 3.48. The molecule has 0 saturated carbocycles. The van der Waals surface area contributed by atoms with E-state index in [0.29, 0.717) is 12.4 Å². The summed E-state index contributed by atoms with van der Waals surface area (Å²) in [7, 11) is -3.69. The molecule has 0 atom stereocenters. The first-order chi connectivity index (χ1) is 7.60. The summed E-state index contributed by atoms with van der Waals surface area (Å²) in [6.07, 6.45) is 0. The molecular formula is C10H15NO4S. The van der Waals surface area contributed by atoms with Gasteiger partial charge in [0.05, 0.1) is 18.1 Å².